The summed E-state index contributed by atoms with van der Waals surface area (Å²) in [5.41, 5.74) is 0.885. The Morgan fingerprint density at radius 3 is 2.05 bits per heavy atom. The summed E-state index contributed by atoms with van der Waals surface area (Å²) in [5, 5.41) is 0. The van der Waals surface area contributed by atoms with Crippen molar-refractivity contribution in [2.75, 3.05) is 14.1 Å². The van der Waals surface area contributed by atoms with Gasteiger partial charge in [-0.15, -0.1) is 0 Å². The van der Waals surface area contributed by atoms with Crippen molar-refractivity contribution in [3.05, 3.63) is 29.8 Å². The first-order valence-corrected chi connectivity index (χ1v) is 8.70. The van der Waals surface area contributed by atoms with Crippen LogP contribution in [0.4, 0.5) is 0 Å². The molecule has 5 heteroatoms. The molecule has 3 nitrogen and oxygen atoms in total. The highest BCUT2D eigenvalue weighted by molar-refractivity contribution is 9.09. The second kappa shape index (κ2) is 6.37. The van der Waals surface area contributed by atoms with Gasteiger partial charge in [0.05, 0.1) is 4.90 Å². The number of benzene rings is 1. The first-order valence-electron chi connectivity index (χ1n) is 6.35. The maximum atomic E-state index is 12.4. The summed E-state index contributed by atoms with van der Waals surface area (Å²) in [6.45, 7) is 6.28. The summed E-state index contributed by atoms with van der Waals surface area (Å²) < 4.78 is 26.1. The number of hydrogen-bond donors (Lipinski definition) is 0. The number of halogens is 1. The molecule has 0 fully saturated rings. The van der Waals surface area contributed by atoms with E-state index in [0.717, 1.165) is 5.56 Å². The van der Waals surface area contributed by atoms with Crippen molar-refractivity contribution < 1.29 is 8.42 Å². The third-order valence-electron chi connectivity index (χ3n) is 3.25. The van der Waals surface area contributed by atoms with Gasteiger partial charge in [-0.25, -0.2) is 12.7 Å². The zero-order valence-corrected chi connectivity index (χ0v) is 14.5. The maximum Gasteiger partial charge on any atom is 0.242 e. The zero-order valence-electron chi connectivity index (χ0n) is 12.1. The molecule has 1 aromatic rings. The van der Waals surface area contributed by atoms with Gasteiger partial charge in [0.1, 0.15) is 0 Å². The van der Waals surface area contributed by atoms with Gasteiger partial charge in [0.25, 0.3) is 0 Å². The summed E-state index contributed by atoms with van der Waals surface area (Å²) >= 11 is 3.61. The molecule has 0 N–H and O–H groups in total. The van der Waals surface area contributed by atoms with Gasteiger partial charge in [-0.1, -0.05) is 54.9 Å². The molecule has 1 rings (SSSR count). The molecule has 2 unspecified atom stereocenters. The highest BCUT2D eigenvalue weighted by Crippen LogP contribution is 2.36. The third kappa shape index (κ3) is 3.58. The van der Waals surface area contributed by atoms with Crippen molar-refractivity contribution in [1.29, 1.82) is 0 Å². The first kappa shape index (κ1) is 16.7. The van der Waals surface area contributed by atoms with E-state index in [1.54, 1.807) is 26.2 Å². The van der Waals surface area contributed by atoms with Crippen LogP contribution in [-0.2, 0) is 10.0 Å². The molecular formula is C14H22BrNO2S. The molecule has 1 aromatic carbocycles. The SMILES string of the molecule is CC(C)C(c1ccccc1S(=O)(=O)N(C)C)C(C)Br. The van der Waals surface area contributed by atoms with E-state index >= 15 is 0 Å². The van der Waals surface area contributed by atoms with Crippen molar-refractivity contribution in [2.45, 2.75) is 36.4 Å². The zero-order chi connectivity index (χ0) is 14.8. The lowest BCUT2D eigenvalue weighted by Crippen LogP contribution is -2.26. The lowest BCUT2D eigenvalue weighted by Gasteiger charge is -2.27. The van der Waals surface area contributed by atoms with Crippen molar-refractivity contribution >= 4 is 26.0 Å². The van der Waals surface area contributed by atoms with Crippen LogP contribution in [0, 0.1) is 5.92 Å². The molecule has 2 atom stereocenters. The fourth-order valence-electron chi connectivity index (χ4n) is 2.32. The van der Waals surface area contributed by atoms with Gasteiger partial charge in [0.2, 0.25) is 10.0 Å². The van der Waals surface area contributed by atoms with Crippen LogP contribution in [0.3, 0.4) is 0 Å². The molecule has 108 valence electrons. The average molecular weight is 348 g/mol. The largest absolute Gasteiger partial charge is 0.242 e. The summed E-state index contributed by atoms with van der Waals surface area (Å²) in [4.78, 5) is 0.621. The van der Waals surface area contributed by atoms with E-state index in [1.807, 2.05) is 12.1 Å². The number of sulfonamides is 1. The minimum Gasteiger partial charge on any atom is -0.207 e. The molecule has 0 heterocycles. The normalized spacial score (nSPS) is 15.8. The monoisotopic (exact) mass is 347 g/mol. The number of rotatable bonds is 5. The Morgan fingerprint density at radius 1 is 1.11 bits per heavy atom. The summed E-state index contributed by atoms with van der Waals surface area (Å²) in [5.74, 6) is 0.513. The summed E-state index contributed by atoms with van der Waals surface area (Å²) in [6, 6.07) is 7.28. The van der Waals surface area contributed by atoms with Crippen LogP contribution < -0.4 is 0 Å². The van der Waals surface area contributed by atoms with E-state index in [9.17, 15) is 8.42 Å². The molecule has 0 bridgehead atoms. The van der Waals surface area contributed by atoms with Gasteiger partial charge in [-0.05, 0) is 23.5 Å². The van der Waals surface area contributed by atoms with Crippen LogP contribution in [0.5, 0.6) is 0 Å². The van der Waals surface area contributed by atoms with Crippen molar-refractivity contribution in [3.8, 4) is 0 Å². The Morgan fingerprint density at radius 2 is 1.63 bits per heavy atom. The van der Waals surface area contributed by atoms with Gasteiger partial charge >= 0.3 is 0 Å². The molecule has 19 heavy (non-hydrogen) atoms. The topological polar surface area (TPSA) is 37.4 Å². The van der Waals surface area contributed by atoms with Crippen LogP contribution in [0.15, 0.2) is 29.2 Å². The third-order valence-corrected chi connectivity index (χ3v) is 5.71. The smallest absolute Gasteiger partial charge is 0.207 e. The average Bonchev–Trinajstić information content (AvgIpc) is 2.28. The summed E-state index contributed by atoms with van der Waals surface area (Å²) in [7, 11) is -0.280. The molecule has 0 aliphatic heterocycles. The standard InChI is InChI=1S/C14H22BrNO2S/c1-10(2)14(11(3)15)12-8-6-7-9-13(12)19(17,18)16(4)5/h6-11,14H,1-5H3. The van der Waals surface area contributed by atoms with Gasteiger partial charge < -0.3 is 0 Å². The Bertz CT molecular complexity index is 516. The van der Waals surface area contributed by atoms with Gasteiger partial charge in [-0.2, -0.15) is 0 Å². The molecule has 0 radical (unpaired) electrons. The number of hydrogen-bond acceptors (Lipinski definition) is 2. The highest BCUT2D eigenvalue weighted by Gasteiger charge is 2.28. The molecule has 0 aromatic heterocycles. The number of nitrogens with zero attached hydrogens (tertiary/aromatic N) is 1. The van der Waals surface area contributed by atoms with E-state index in [0.29, 0.717) is 10.8 Å². The van der Waals surface area contributed by atoms with Gasteiger partial charge in [0.15, 0.2) is 0 Å². The van der Waals surface area contributed by atoms with Crippen molar-refractivity contribution in [1.82, 2.24) is 4.31 Å². The van der Waals surface area contributed by atoms with Crippen LogP contribution >= 0.6 is 15.9 Å². The Balaban J connectivity index is 3.46. The van der Waals surface area contributed by atoms with E-state index in [-0.39, 0.29) is 10.7 Å². The van der Waals surface area contributed by atoms with Crippen LogP contribution in [0.2, 0.25) is 0 Å². The molecule has 0 saturated carbocycles. The van der Waals surface area contributed by atoms with Crippen LogP contribution in [0.25, 0.3) is 0 Å². The minimum atomic E-state index is -3.41. The first-order chi connectivity index (χ1) is 8.69. The van der Waals surface area contributed by atoms with E-state index in [2.05, 4.69) is 36.7 Å². The highest BCUT2D eigenvalue weighted by atomic mass is 79.9. The Kier molecular flexibility index (Phi) is 5.59. The number of alkyl halides is 1. The molecule has 0 aliphatic rings. The van der Waals surface area contributed by atoms with Crippen molar-refractivity contribution in [2.24, 2.45) is 5.92 Å². The second-order valence-corrected chi connectivity index (χ2v) is 8.84. The van der Waals surface area contributed by atoms with Gasteiger partial charge in [0, 0.05) is 18.9 Å². The molecule has 0 aliphatic carbocycles. The molecular weight excluding hydrogens is 326 g/mol. The lowest BCUT2D eigenvalue weighted by atomic mass is 9.86. The maximum absolute atomic E-state index is 12.4. The van der Waals surface area contributed by atoms with Gasteiger partial charge in [-0.3, -0.25) is 0 Å². The lowest BCUT2D eigenvalue weighted by molar-refractivity contribution is 0.483. The van der Waals surface area contributed by atoms with E-state index < -0.39 is 10.0 Å². The fraction of sp³-hybridized carbons (Fsp3) is 0.571. The molecule has 0 saturated heterocycles. The predicted molar refractivity (Wildman–Crippen MR) is 83.3 cm³/mol. The quantitative estimate of drug-likeness (QED) is 0.765. The fourth-order valence-corrected chi connectivity index (χ4v) is 4.37. The van der Waals surface area contributed by atoms with E-state index in [4.69, 9.17) is 0 Å². The van der Waals surface area contributed by atoms with Crippen LogP contribution in [-0.4, -0.2) is 31.6 Å². The summed E-state index contributed by atoms with van der Waals surface area (Å²) in [6.07, 6.45) is 0. The second-order valence-electron chi connectivity index (χ2n) is 5.27. The Labute approximate surface area is 125 Å². The molecule has 0 amide bonds. The van der Waals surface area contributed by atoms with Crippen molar-refractivity contribution in [3.63, 3.8) is 0 Å². The Hall–Kier alpha value is -0.390. The van der Waals surface area contributed by atoms with Crippen LogP contribution in [0.1, 0.15) is 32.3 Å². The minimum absolute atomic E-state index is 0.158. The van der Waals surface area contributed by atoms with E-state index in [1.165, 1.54) is 4.31 Å². The predicted octanol–water partition coefficient (Wildman–Crippen LogP) is 3.46. The molecule has 0 spiro atoms.